The molecule has 0 aromatic carbocycles. The van der Waals surface area contributed by atoms with Crippen molar-refractivity contribution in [2.45, 2.75) is 51.6 Å². The van der Waals surface area contributed by atoms with Gasteiger partial charge in [-0.3, -0.25) is 9.69 Å². The summed E-state index contributed by atoms with van der Waals surface area (Å²) in [5, 5.41) is 6.49. The molecule has 1 saturated heterocycles. The molecule has 0 radical (unpaired) electrons. The number of piperazine rings is 1. The Morgan fingerprint density at radius 3 is 2.67 bits per heavy atom. The van der Waals surface area contributed by atoms with Crippen molar-refractivity contribution >= 4 is 33.3 Å². The maximum absolute atomic E-state index is 12.7. The van der Waals surface area contributed by atoms with Crippen molar-refractivity contribution in [1.29, 1.82) is 0 Å². The van der Waals surface area contributed by atoms with Gasteiger partial charge in [-0.1, -0.05) is 6.92 Å². The van der Waals surface area contributed by atoms with Gasteiger partial charge in [0, 0.05) is 32.2 Å². The van der Waals surface area contributed by atoms with E-state index in [9.17, 15) is 4.79 Å². The van der Waals surface area contributed by atoms with Gasteiger partial charge in [0.25, 0.3) is 0 Å². The van der Waals surface area contributed by atoms with Crippen molar-refractivity contribution < 1.29 is 4.79 Å². The Balaban J connectivity index is 1.32. The molecule has 1 saturated carbocycles. The lowest BCUT2D eigenvalue weighted by Crippen LogP contribution is -2.55. The molecule has 1 aliphatic carbocycles. The third kappa shape index (κ3) is 4.09. The molecule has 6 nitrogen and oxygen atoms in total. The first-order chi connectivity index (χ1) is 13.1. The number of nitrogens with one attached hydrogen (secondary N) is 1. The number of carbonyl (C=O) groups is 1. The molecule has 1 aliphatic heterocycles. The number of rotatable bonds is 4. The molecule has 1 amide bonds. The summed E-state index contributed by atoms with van der Waals surface area (Å²) < 4.78 is 0. The maximum Gasteiger partial charge on any atom is 0.237 e. The van der Waals surface area contributed by atoms with Crippen LogP contribution in [0.5, 0.6) is 0 Å². The van der Waals surface area contributed by atoms with E-state index in [0.717, 1.165) is 61.0 Å². The van der Waals surface area contributed by atoms with Crippen LogP contribution in [0, 0.1) is 5.92 Å². The van der Waals surface area contributed by atoms with Crippen molar-refractivity contribution in [3.8, 4) is 0 Å². The molecule has 0 spiro atoms. The van der Waals surface area contributed by atoms with Crippen molar-refractivity contribution in [1.82, 2.24) is 20.2 Å². The normalized spacial score (nSPS) is 25.5. The maximum atomic E-state index is 12.7. The second-order valence-electron chi connectivity index (χ2n) is 8.00. The largest absolute Gasteiger partial charge is 0.353 e. The molecule has 7 heteroatoms. The van der Waals surface area contributed by atoms with Crippen LogP contribution in [0.2, 0.25) is 0 Å². The Labute approximate surface area is 165 Å². The van der Waals surface area contributed by atoms with Gasteiger partial charge in [0.15, 0.2) is 0 Å². The summed E-state index contributed by atoms with van der Waals surface area (Å²) in [6.07, 6.45) is 6.36. The van der Waals surface area contributed by atoms with Crippen molar-refractivity contribution in [2.24, 2.45) is 5.92 Å². The highest BCUT2D eigenvalue weighted by molar-refractivity contribution is 7.16. The third-order valence-electron chi connectivity index (χ3n) is 6.14. The molecule has 2 aliphatic rings. The third-order valence-corrected chi connectivity index (χ3v) is 6.96. The molecule has 4 rings (SSSR count). The van der Waals surface area contributed by atoms with Gasteiger partial charge < -0.3 is 10.2 Å². The number of aromatic nitrogens is 2. The molecule has 1 atom stereocenters. The zero-order valence-corrected chi connectivity index (χ0v) is 17.0. The molecule has 2 aromatic rings. The van der Waals surface area contributed by atoms with E-state index in [1.807, 2.05) is 6.92 Å². The molecule has 146 valence electrons. The van der Waals surface area contributed by atoms with Crippen LogP contribution in [0.3, 0.4) is 0 Å². The molecule has 27 heavy (non-hydrogen) atoms. The minimum absolute atomic E-state index is 0.0712. The number of fused-ring (bicyclic) bond motifs is 1. The van der Waals surface area contributed by atoms with Crippen LogP contribution >= 0.6 is 11.3 Å². The van der Waals surface area contributed by atoms with E-state index in [1.54, 1.807) is 17.7 Å². The predicted octanol–water partition coefficient (Wildman–Crippen LogP) is 2.90. The lowest BCUT2D eigenvalue weighted by molar-refractivity contribution is -0.127. The van der Waals surface area contributed by atoms with E-state index in [0.29, 0.717) is 6.04 Å². The van der Waals surface area contributed by atoms with Crippen molar-refractivity contribution in [2.75, 3.05) is 31.1 Å². The van der Waals surface area contributed by atoms with E-state index < -0.39 is 0 Å². The van der Waals surface area contributed by atoms with Gasteiger partial charge in [-0.25, -0.2) is 9.97 Å². The average molecular weight is 388 g/mol. The minimum Gasteiger partial charge on any atom is -0.353 e. The molecule has 1 N–H and O–H groups in total. The number of thiophene rings is 1. The van der Waals surface area contributed by atoms with Crippen molar-refractivity contribution in [3.05, 3.63) is 17.8 Å². The van der Waals surface area contributed by atoms with Crippen LogP contribution in [0.1, 0.15) is 39.5 Å². The van der Waals surface area contributed by atoms with E-state index >= 15 is 0 Å². The van der Waals surface area contributed by atoms with E-state index in [1.165, 1.54) is 12.8 Å². The Bertz CT molecular complexity index is 778. The fourth-order valence-corrected chi connectivity index (χ4v) is 4.97. The monoisotopic (exact) mass is 387 g/mol. The summed E-state index contributed by atoms with van der Waals surface area (Å²) in [4.78, 5) is 27.2. The molecule has 2 aromatic heterocycles. The second-order valence-corrected chi connectivity index (χ2v) is 8.90. The van der Waals surface area contributed by atoms with Crippen molar-refractivity contribution in [3.63, 3.8) is 0 Å². The summed E-state index contributed by atoms with van der Waals surface area (Å²) in [7, 11) is 0. The van der Waals surface area contributed by atoms with Gasteiger partial charge in [0.05, 0.1) is 11.4 Å². The quantitative estimate of drug-likeness (QED) is 0.874. The van der Waals surface area contributed by atoms with E-state index in [2.05, 4.69) is 43.5 Å². The lowest BCUT2D eigenvalue weighted by atomic mass is 9.87. The van der Waals surface area contributed by atoms with Crippen LogP contribution in [0.25, 0.3) is 10.2 Å². The number of amides is 1. The Hall–Kier alpha value is -1.73. The molecular formula is C20H29N5OS. The number of hydrogen-bond donors (Lipinski definition) is 1. The molecule has 0 bridgehead atoms. The Kier molecular flexibility index (Phi) is 5.59. The highest BCUT2D eigenvalue weighted by Crippen LogP contribution is 2.28. The van der Waals surface area contributed by atoms with Gasteiger partial charge in [0.2, 0.25) is 5.91 Å². The molecule has 1 unspecified atom stereocenters. The molecule has 2 fully saturated rings. The van der Waals surface area contributed by atoms with Crippen LogP contribution in [0.15, 0.2) is 17.8 Å². The first-order valence-corrected chi connectivity index (χ1v) is 11.0. The number of hydrogen-bond acceptors (Lipinski definition) is 6. The summed E-state index contributed by atoms with van der Waals surface area (Å²) in [6.45, 7) is 7.89. The highest BCUT2D eigenvalue weighted by atomic mass is 32.1. The second kappa shape index (κ2) is 8.10. The lowest BCUT2D eigenvalue weighted by Gasteiger charge is -2.38. The van der Waals surface area contributed by atoms with Crippen LogP contribution in [0.4, 0.5) is 5.82 Å². The zero-order valence-electron chi connectivity index (χ0n) is 16.2. The molecular weight excluding hydrogens is 358 g/mol. The predicted molar refractivity (Wildman–Crippen MR) is 110 cm³/mol. The summed E-state index contributed by atoms with van der Waals surface area (Å²) >= 11 is 1.65. The summed E-state index contributed by atoms with van der Waals surface area (Å²) in [5.74, 6) is 2.01. The van der Waals surface area contributed by atoms with Gasteiger partial charge in [0.1, 0.15) is 17.0 Å². The zero-order chi connectivity index (χ0) is 18.8. The van der Waals surface area contributed by atoms with Crippen LogP contribution < -0.4 is 10.2 Å². The topological polar surface area (TPSA) is 61.4 Å². The minimum atomic E-state index is -0.0712. The van der Waals surface area contributed by atoms with E-state index in [-0.39, 0.29) is 11.9 Å². The summed E-state index contributed by atoms with van der Waals surface area (Å²) in [6, 6.07) is 2.39. The smallest absolute Gasteiger partial charge is 0.237 e. The fraction of sp³-hybridized carbons (Fsp3) is 0.650. The van der Waals surface area contributed by atoms with Gasteiger partial charge in [-0.15, -0.1) is 11.3 Å². The van der Waals surface area contributed by atoms with Gasteiger partial charge >= 0.3 is 0 Å². The van der Waals surface area contributed by atoms with Crippen LogP contribution in [-0.4, -0.2) is 59.0 Å². The first-order valence-electron chi connectivity index (χ1n) is 10.1. The number of anilines is 1. The SMILES string of the molecule is CC1CCC(NC(=O)C(C)N2CCN(c3ncnc4sccc34)CC2)CC1. The number of carbonyl (C=O) groups excluding carboxylic acids is 1. The number of nitrogens with zero attached hydrogens (tertiary/aromatic N) is 4. The first kappa shape index (κ1) is 18.6. The fourth-order valence-electron chi connectivity index (χ4n) is 4.24. The van der Waals surface area contributed by atoms with Gasteiger partial charge in [-0.2, -0.15) is 0 Å². The average Bonchev–Trinajstić information content (AvgIpc) is 3.18. The summed E-state index contributed by atoms with van der Waals surface area (Å²) in [5.41, 5.74) is 0. The Morgan fingerprint density at radius 1 is 1.19 bits per heavy atom. The Morgan fingerprint density at radius 2 is 1.93 bits per heavy atom. The van der Waals surface area contributed by atoms with Crippen LogP contribution in [-0.2, 0) is 4.79 Å². The highest BCUT2D eigenvalue weighted by Gasteiger charge is 2.28. The van der Waals surface area contributed by atoms with Gasteiger partial charge in [-0.05, 0) is 50.0 Å². The van der Waals surface area contributed by atoms with E-state index in [4.69, 9.17) is 0 Å². The standard InChI is InChI=1S/C20H29N5OS/c1-14-3-5-16(6-4-14)23-19(26)15(2)24-8-10-25(11-9-24)18-17-7-12-27-20(17)22-13-21-18/h7,12-16H,3-6,8-11H2,1-2H3,(H,23,26). The molecule has 3 heterocycles.